The molecule has 0 aliphatic heterocycles. The molecule has 0 aromatic heterocycles. The first-order chi connectivity index (χ1) is 6.85. The summed E-state index contributed by atoms with van der Waals surface area (Å²) in [5, 5.41) is 5.74. The van der Waals surface area contributed by atoms with Gasteiger partial charge in [0.05, 0.1) is 6.42 Å². The fourth-order valence-electron chi connectivity index (χ4n) is 1.05. The highest BCUT2D eigenvalue weighted by Crippen LogP contribution is 2.21. The maximum absolute atomic E-state index is 12.0. The van der Waals surface area contributed by atoms with Crippen molar-refractivity contribution in [3.8, 4) is 0 Å². The van der Waals surface area contributed by atoms with Gasteiger partial charge in [-0.1, -0.05) is 13.3 Å². The van der Waals surface area contributed by atoms with Crippen LogP contribution in [0.3, 0.4) is 0 Å². The van der Waals surface area contributed by atoms with Crippen LogP contribution in [-0.2, 0) is 0 Å². The molecule has 0 heterocycles. The molecule has 15 heavy (non-hydrogen) atoms. The van der Waals surface area contributed by atoms with Crippen LogP contribution in [0, 0.1) is 0 Å². The van der Waals surface area contributed by atoms with Crippen LogP contribution in [0.25, 0.3) is 0 Å². The third-order valence-corrected chi connectivity index (χ3v) is 1.99. The van der Waals surface area contributed by atoms with E-state index in [1.165, 1.54) is 6.92 Å². The molecule has 0 aromatic carbocycles. The van der Waals surface area contributed by atoms with E-state index >= 15 is 0 Å². The summed E-state index contributed by atoms with van der Waals surface area (Å²) in [6.07, 6.45) is -3.04. The van der Waals surface area contributed by atoms with E-state index in [4.69, 9.17) is 12.2 Å². The number of thiocarbonyl (C=S) groups is 1. The zero-order valence-electron chi connectivity index (χ0n) is 8.95. The lowest BCUT2D eigenvalue weighted by Crippen LogP contribution is -2.42. The van der Waals surface area contributed by atoms with Crippen molar-refractivity contribution in [2.45, 2.75) is 45.3 Å². The minimum Gasteiger partial charge on any atom is -0.363 e. The van der Waals surface area contributed by atoms with Crippen LogP contribution in [0.2, 0.25) is 0 Å². The van der Waals surface area contributed by atoms with E-state index in [1.807, 2.05) is 6.92 Å². The maximum atomic E-state index is 12.0. The van der Waals surface area contributed by atoms with Crippen molar-refractivity contribution < 1.29 is 13.2 Å². The maximum Gasteiger partial charge on any atom is 0.391 e. The lowest BCUT2D eigenvalue weighted by molar-refractivity contribution is -0.138. The molecule has 0 bridgehead atoms. The molecule has 0 radical (unpaired) electrons. The predicted molar refractivity (Wildman–Crippen MR) is 58.8 cm³/mol. The highest BCUT2D eigenvalue weighted by molar-refractivity contribution is 7.80. The Morgan fingerprint density at radius 2 is 2.00 bits per heavy atom. The Balaban J connectivity index is 3.67. The smallest absolute Gasteiger partial charge is 0.363 e. The Bertz CT molecular complexity index is 194. The average molecular weight is 242 g/mol. The molecule has 0 rings (SSSR count). The molecule has 0 saturated heterocycles. The number of alkyl halides is 3. The van der Waals surface area contributed by atoms with Crippen molar-refractivity contribution >= 4 is 17.3 Å². The number of nitrogens with one attached hydrogen (secondary N) is 2. The molecule has 0 aliphatic carbocycles. The van der Waals surface area contributed by atoms with Crippen LogP contribution < -0.4 is 10.6 Å². The second-order valence-corrected chi connectivity index (χ2v) is 3.88. The van der Waals surface area contributed by atoms with Crippen LogP contribution in [-0.4, -0.2) is 23.9 Å². The van der Waals surface area contributed by atoms with Gasteiger partial charge < -0.3 is 10.6 Å². The Kier molecular flexibility index (Phi) is 6.63. The number of unbranched alkanes of at least 4 members (excludes halogenated alkanes) is 1. The Morgan fingerprint density at radius 1 is 1.40 bits per heavy atom. The molecular formula is C9H17F3N2S. The van der Waals surface area contributed by atoms with Gasteiger partial charge >= 0.3 is 6.18 Å². The van der Waals surface area contributed by atoms with Crippen LogP contribution in [0.5, 0.6) is 0 Å². The number of rotatable bonds is 5. The van der Waals surface area contributed by atoms with Gasteiger partial charge in [0.15, 0.2) is 5.11 Å². The van der Waals surface area contributed by atoms with Gasteiger partial charge in [0.2, 0.25) is 0 Å². The summed E-state index contributed by atoms with van der Waals surface area (Å²) in [5.41, 5.74) is 0. The van der Waals surface area contributed by atoms with E-state index in [-0.39, 0.29) is 0 Å². The molecule has 0 amide bonds. The molecular weight excluding hydrogens is 225 g/mol. The fraction of sp³-hybridized carbons (Fsp3) is 0.889. The topological polar surface area (TPSA) is 24.1 Å². The summed E-state index contributed by atoms with van der Waals surface area (Å²) in [6, 6.07) is -0.688. The van der Waals surface area contributed by atoms with E-state index < -0.39 is 18.6 Å². The van der Waals surface area contributed by atoms with Gasteiger partial charge in [0, 0.05) is 12.6 Å². The standard InChI is InChI=1S/C9H17F3N2S/c1-3-4-5-13-8(15)14-7(2)6-9(10,11)12/h7H,3-6H2,1-2H3,(H2,13,14,15). The number of halogens is 3. The van der Waals surface area contributed by atoms with E-state index in [1.54, 1.807) is 0 Å². The molecule has 1 unspecified atom stereocenters. The minimum absolute atomic E-state index is 0.292. The number of hydrogen-bond acceptors (Lipinski definition) is 1. The van der Waals surface area contributed by atoms with Crippen molar-refractivity contribution in [1.29, 1.82) is 0 Å². The first-order valence-corrected chi connectivity index (χ1v) is 5.37. The Hall–Kier alpha value is -0.520. The zero-order valence-corrected chi connectivity index (χ0v) is 9.76. The Labute approximate surface area is 93.6 Å². The van der Waals surface area contributed by atoms with Gasteiger partial charge in [-0.2, -0.15) is 13.2 Å². The highest BCUT2D eigenvalue weighted by atomic mass is 32.1. The van der Waals surface area contributed by atoms with Gasteiger partial charge in [0.1, 0.15) is 0 Å². The summed E-state index contributed by atoms with van der Waals surface area (Å²) in [7, 11) is 0. The third-order valence-electron chi connectivity index (χ3n) is 1.73. The molecule has 0 fully saturated rings. The van der Waals surface area contributed by atoms with Gasteiger partial charge in [-0.3, -0.25) is 0 Å². The van der Waals surface area contributed by atoms with E-state index in [9.17, 15) is 13.2 Å². The lowest BCUT2D eigenvalue weighted by atomic mass is 10.2. The van der Waals surface area contributed by atoms with Crippen molar-refractivity contribution in [1.82, 2.24) is 10.6 Å². The quantitative estimate of drug-likeness (QED) is 0.572. The van der Waals surface area contributed by atoms with Gasteiger partial charge in [-0.15, -0.1) is 0 Å². The van der Waals surface area contributed by atoms with E-state index in [2.05, 4.69) is 10.6 Å². The van der Waals surface area contributed by atoms with Crippen LogP contribution in [0.15, 0.2) is 0 Å². The van der Waals surface area contributed by atoms with Crippen LogP contribution >= 0.6 is 12.2 Å². The van der Waals surface area contributed by atoms with Crippen molar-refractivity contribution in [3.05, 3.63) is 0 Å². The lowest BCUT2D eigenvalue weighted by Gasteiger charge is -2.18. The molecule has 0 spiro atoms. The summed E-state index contributed by atoms with van der Waals surface area (Å²) in [5.74, 6) is 0. The van der Waals surface area contributed by atoms with Crippen molar-refractivity contribution in [3.63, 3.8) is 0 Å². The molecule has 0 aliphatic rings. The van der Waals surface area contributed by atoms with E-state index in [0.717, 1.165) is 12.8 Å². The molecule has 0 saturated carbocycles. The monoisotopic (exact) mass is 242 g/mol. The van der Waals surface area contributed by atoms with Crippen molar-refractivity contribution in [2.24, 2.45) is 0 Å². The summed E-state index contributed by atoms with van der Waals surface area (Å²) in [4.78, 5) is 0. The van der Waals surface area contributed by atoms with Crippen LogP contribution in [0.4, 0.5) is 13.2 Å². The molecule has 2 N–H and O–H groups in total. The summed E-state index contributed by atoms with van der Waals surface area (Å²) in [6.45, 7) is 4.19. The van der Waals surface area contributed by atoms with Gasteiger partial charge in [-0.25, -0.2) is 0 Å². The average Bonchev–Trinajstić information content (AvgIpc) is 2.00. The molecule has 90 valence electrons. The molecule has 2 nitrogen and oxygen atoms in total. The van der Waals surface area contributed by atoms with E-state index in [0.29, 0.717) is 11.7 Å². The first kappa shape index (κ1) is 14.5. The SMILES string of the molecule is CCCCNC(=S)NC(C)CC(F)(F)F. The van der Waals surface area contributed by atoms with Gasteiger partial charge in [-0.05, 0) is 25.6 Å². The predicted octanol–water partition coefficient (Wildman–Crippen LogP) is 2.59. The first-order valence-electron chi connectivity index (χ1n) is 4.96. The number of hydrogen-bond donors (Lipinski definition) is 2. The second-order valence-electron chi connectivity index (χ2n) is 3.47. The van der Waals surface area contributed by atoms with Crippen LogP contribution in [0.1, 0.15) is 33.1 Å². The molecule has 0 aromatic rings. The fourth-order valence-corrected chi connectivity index (χ4v) is 1.35. The molecule has 6 heteroatoms. The Morgan fingerprint density at radius 3 is 2.47 bits per heavy atom. The third kappa shape index (κ3) is 9.78. The zero-order chi connectivity index (χ0) is 11.9. The van der Waals surface area contributed by atoms with Crippen molar-refractivity contribution in [2.75, 3.05) is 6.54 Å². The summed E-state index contributed by atoms with van der Waals surface area (Å²) < 4.78 is 35.9. The minimum atomic E-state index is -4.15. The highest BCUT2D eigenvalue weighted by Gasteiger charge is 2.30. The van der Waals surface area contributed by atoms with Gasteiger partial charge in [0.25, 0.3) is 0 Å². The second kappa shape index (κ2) is 6.87. The molecule has 1 atom stereocenters. The largest absolute Gasteiger partial charge is 0.391 e. The summed E-state index contributed by atoms with van der Waals surface area (Å²) >= 11 is 4.84. The normalized spacial score (nSPS) is 13.4.